The Bertz CT molecular complexity index is 3620. The normalized spacial score (nSPS) is 20.5. The highest BCUT2D eigenvalue weighted by Crippen LogP contribution is 2.29. The van der Waals surface area contributed by atoms with Gasteiger partial charge in [0.1, 0.15) is 72.5 Å². The fourth-order valence-electron chi connectivity index (χ4n) is 14.5. The molecule has 39 nitrogen and oxygen atoms in total. The van der Waals surface area contributed by atoms with Crippen LogP contribution in [-0.4, -0.2) is 272 Å². The first-order valence-electron chi connectivity index (χ1n) is 38.8. The number of aliphatic hydroxyl groups excluding tert-OH is 1. The van der Waals surface area contributed by atoms with Crippen molar-refractivity contribution in [2.75, 3.05) is 59.0 Å². The van der Waals surface area contributed by atoms with Crippen molar-refractivity contribution < 1.29 is 82.1 Å². The number of aliphatic hydroxyl groups is 1. The second-order valence-corrected chi connectivity index (χ2v) is 29.3. The number of H-pyrrole nitrogens is 1. The molecule has 618 valence electrons. The number of imidazole rings is 1. The fraction of sp³-hybridized carbons (Fsp3) is 0.658. The topological polar surface area (TPSA) is 593 Å². The molecule has 1 aromatic heterocycles. The number of nitrogens with two attached hydrogens (primary N) is 5. The summed E-state index contributed by atoms with van der Waals surface area (Å²) >= 11 is 0. The highest BCUT2D eigenvalue weighted by molar-refractivity contribution is 6.00. The van der Waals surface area contributed by atoms with Crippen LogP contribution in [-0.2, 0) is 84.9 Å². The van der Waals surface area contributed by atoms with Crippen LogP contribution in [0.15, 0.2) is 52.8 Å². The summed E-state index contributed by atoms with van der Waals surface area (Å²) in [6.07, 6.45) is 6.47. The number of hydrogen-bond donors (Lipinski definition) is 17. The van der Waals surface area contributed by atoms with Gasteiger partial charge >= 0.3 is 5.97 Å². The van der Waals surface area contributed by atoms with Crippen LogP contribution in [0.2, 0.25) is 0 Å². The molecule has 5 aliphatic rings. The van der Waals surface area contributed by atoms with Crippen LogP contribution in [0.4, 0.5) is 0 Å². The lowest BCUT2D eigenvalue weighted by molar-refractivity contribution is -0.152. The SMILES string of the molecule is CCCC[C@H](NC(=O)[C@@H]1CCCN1C(=O)CNC(=O)[C@H](CCCCN)NC(=O)[C@H](Cc1cnc[nH]1)NC(=O)[C@H](CO)NC(=O)[C@H](CC(C)C)NC(=O)[C@H](CCCN=C(N)N)NC(=O)[C@@H]1CCCN1C(=O)[C@H](CCCN=C(N)N)NC(=O)[C@@H]1CCC(=O)N1)C(=O)N1CCC[C@H]1C(=O)N1C[C@@H](OCc2ccccc2)C[C@@H]1C(=O)O. The predicted octanol–water partition coefficient (Wildman–Crippen LogP) is -4.55. The van der Waals surface area contributed by atoms with Crippen LogP contribution < -0.4 is 76.5 Å². The summed E-state index contributed by atoms with van der Waals surface area (Å²) in [6, 6.07) is -5.65. The molecule has 0 unspecified atom stereocenters. The zero-order valence-electron chi connectivity index (χ0n) is 64.1. The van der Waals surface area contributed by atoms with E-state index < -0.39 is 169 Å². The highest BCUT2D eigenvalue weighted by Gasteiger charge is 2.48. The molecule has 112 heavy (non-hydrogen) atoms. The number of nitrogens with zero attached hydrogens (tertiary/aromatic N) is 7. The smallest absolute Gasteiger partial charge is 0.326 e. The second-order valence-electron chi connectivity index (χ2n) is 29.3. The van der Waals surface area contributed by atoms with Crippen molar-refractivity contribution in [1.29, 1.82) is 0 Å². The molecule has 2 aromatic rings. The lowest BCUT2D eigenvalue weighted by Gasteiger charge is -2.33. The Morgan fingerprint density at radius 2 is 1.13 bits per heavy atom. The number of guanidine groups is 2. The quantitative estimate of drug-likeness (QED) is 0.0169. The van der Waals surface area contributed by atoms with E-state index in [4.69, 9.17) is 33.4 Å². The van der Waals surface area contributed by atoms with Crippen LogP contribution >= 0.6 is 0 Å². The summed E-state index contributed by atoms with van der Waals surface area (Å²) < 4.78 is 6.06. The van der Waals surface area contributed by atoms with Gasteiger partial charge in [-0.05, 0) is 121 Å². The fourth-order valence-corrected chi connectivity index (χ4v) is 14.5. The van der Waals surface area contributed by atoms with Crippen LogP contribution in [0.1, 0.15) is 160 Å². The zero-order valence-corrected chi connectivity index (χ0v) is 64.1. The molecule has 0 saturated carbocycles. The Kier molecular flexibility index (Phi) is 35.2. The zero-order chi connectivity index (χ0) is 81.6. The van der Waals surface area contributed by atoms with Crippen molar-refractivity contribution in [3.63, 3.8) is 0 Å². The van der Waals surface area contributed by atoms with E-state index in [0.717, 1.165) is 5.56 Å². The van der Waals surface area contributed by atoms with E-state index >= 15 is 0 Å². The number of carbonyl (C=O) groups excluding carboxylic acids is 13. The number of aromatic amines is 1. The van der Waals surface area contributed by atoms with Crippen molar-refractivity contribution in [2.24, 2.45) is 44.6 Å². The molecule has 5 saturated heterocycles. The number of unbranched alkanes of at least 4 members (excludes halogenated alkanes) is 2. The van der Waals surface area contributed by atoms with Gasteiger partial charge in [-0.3, -0.25) is 72.3 Å². The van der Waals surface area contributed by atoms with Crippen LogP contribution in [0.25, 0.3) is 0 Å². The number of aliphatic imine (C=N–C) groups is 2. The van der Waals surface area contributed by atoms with Gasteiger partial charge in [0.25, 0.3) is 0 Å². The number of benzene rings is 1. The summed E-state index contributed by atoms with van der Waals surface area (Å²) in [5.41, 5.74) is 29.2. The lowest BCUT2D eigenvalue weighted by atomic mass is 10.0. The summed E-state index contributed by atoms with van der Waals surface area (Å²) in [4.78, 5) is 216. The minimum absolute atomic E-state index is 0.00616. The van der Waals surface area contributed by atoms with E-state index in [-0.39, 0.29) is 166 Å². The van der Waals surface area contributed by atoms with E-state index in [0.29, 0.717) is 50.6 Å². The standard InChI is InChI=1S/C73H114N22O17/c1-4-5-18-49(69(108)94-32-15-24-56(94)70(109)95-38-45(35-57(95)71(110)111)112-40-43-16-7-6-8-17-43)88-66(105)54-22-13-30-92(54)59(98)37-82-60(99)46(19-9-10-27-74)85-64(103)52(34-44-36-79-41-83-44)90-65(104)53(39-96)91-63(102)51(33-42(2)3)89-61(100)47(20-11-28-80-72(75)76)86-67(106)55-23-14-31-93(55)68(107)50(21-12-29-81-73(77)78)87-62(101)48-25-26-58(97)84-48/h6-8,16-17,36,41-42,45-57,96H,4-5,9-15,18-35,37-40,74H2,1-3H3,(H,79,83)(H,82,99)(H,84,97)(H,85,103)(H,86,106)(H,87,101)(H,88,105)(H,89,100)(H,90,104)(H,91,102)(H,110,111)(H4,75,76,80)(H4,77,78,81)/t45-,46-,47-,48-,49-,50-,51-,52-,53-,54-,55-,56-,57+/m0/s1. The van der Waals surface area contributed by atoms with Crippen LogP contribution in [0, 0.1) is 5.92 Å². The van der Waals surface area contributed by atoms with Crippen molar-refractivity contribution in [3.05, 3.63) is 54.1 Å². The minimum Gasteiger partial charge on any atom is -0.480 e. The van der Waals surface area contributed by atoms with E-state index in [9.17, 15) is 77.3 Å². The second kappa shape index (κ2) is 44.5. The molecule has 7 rings (SSSR count). The van der Waals surface area contributed by atoms with Crippen LogP contribution in [0.3, 0.4) is 0 Å². The van der Waals surface area contributed by atoms with Crippen molar-refractivity contribution in [3.8, 4) is 0 Å². The van der Waals surface area contributed by atoms with Gasteiger partial charge in [0.15, 0.2) is 11.9 Å². The molecule has 13 atom stereocenters. The van der Waals surface area contributed by atoms with E-state index in [2.05, 4.69) is 67.8 Å². The molecule has 5 aliphatic heterocycles. The molecular formula is C73H114N22O17. The first-order chi connectivity index (χ1) is 53.6. The summed E-state index contributed by atoms with van der Waals surface area (Å²) in [7, 11) is 0. The van der Waals surface area contributed by atoms with Gasteiger partial charge in [0, 0.05) is 70.4 Å². The number of carboxylic acids is 1. The molecule has 13 amide bonds. The largest absolute Gasteiger partial charge is 0.480 e. The number of hydrogen-bond acceptors (Lipinski definition) is 20. The van der Waals surface area contributed by atoms with Crippen molar-refractivity contribution in [2.45, 2.75) is 241 Å². The van der Waals surface area contributed by atoms with Gasteiger partial charge in [0.2, 0.25) is 76.8 Å². The molecule has 0 spiro atoms. The molecule has 39 heteroatoms. The molecule has 5 fully saturated rings. The maximum Gasteiger partial charge on any atom is 0.326 e. The molecule has 1 aromatic carbocycles. The predicted molar refractivity (Wildman–Crippen MR) is 406 cm³/mol. The lowest BCUT2D eigenvalue weighted by Crippen LogP contribution is -2.61. The molecular weight excluding hydrogens is 1460 g/mol. The average Bonchev–Trinajstić information content (AvgIpc) is 1.64. The number of ether oxygens (including phenoxy) is 1. The summed E-state index contributed by atoms with van der Waals surface area (Å²) in [5.74, 6) is -11.1. The number of nitrogens with one attached hydrogen (secondary N) is 10. The van der Waals surface area contributed by atoms with Gasteiger partial charge < -0.3 is 116 Å². The van der Waals surface area contributed by atoms with Gasteiger partial charge in [-0.2, -0.15) is 0 Å². The third kappa shape index (κ3) is 26.6. The Morgan fingerprint density at radius 1 is 0.607 bits per heavy atom. The van der Waals surface area contributed by atoms with Gasteiger partial charge in [0.05, 0.1) is 32.2 Å². The molecule has 0 aliphatic carbocycles. The average molecular weight is 1570 g/mol. The third-order valence-corrected chi connectivity index (χ3v) is 20.4. The first kappa shape index (κ1) is 88.6. The number of aromatic nitrogens is 2. The van der Waals surface area contributed by atoms with Crippen LogP contribution in [0.5, 0.6) is 0 Å². The molecule has 0 radical (unpaired) electrons. The van der Waals surface area contributed by atoms with Crippen molar-refractivity contribution in [1.82, 2.24) is 77.4 Å². The summed E-state index contributed by atoms with van der Waals surface area (Å²) in [5, 5.41) is 44.8. The third-order valence-electron chi connectivity index (χ3n) is 20.4. The van der Waals surface area contributed by atoms with Gasteiger partial charge in [-0.1, -0.05) is 63.9 Å². The summed E-state index contributed by atoms with van der Waals surface area (Å²) in [6.45, 7) is 4.73. The maximum atomic E-state index is 14.6. The van der Waals surface area contributed by atoms with Crippen molar-refractivity contribution >= 4 is 94.7 Å². The van der Waals surface area contributed by atoms with Gasteiger partial charge in [-0.15, -0.1) is 0 Å². The van der Waals surface area contributed by atoms with E-state index in [1.165, 1.54) is 32.1 Å². The Hall–Kier alpha value is -10.6. The molecule has 6 heterocycles. The Balaban J connectivity index is 0.982. The number of likely N-dealkylation sites (tertiary alicyclic amines) is 4. The minimum atomic E-state index is -1.77. The van der Waals surface area contributed by atoms with Gasteiger partial charge in [-0.25, -0.2) is 9.78 Å². The molecule has 22 N–H and O–H groups in total. The Labute approximate surface area is 650 Å². The molecule has 0 bridgehead atoms. The number of carbonyl (C=O) groups is 14. The number of amides is 13. The number of carboxylic acid groups (broad SMARTS) is 1. The number of aliphatic carboxylic acids is 1. The monoisotopic (exact) mass is 1570 g/mol. The number of rotatable bonds is 44. The first-order valence-corrected chi connectivity index (χ1v) is 38.8. The van der Waals surface area contributed by atoms with E-state index in [1.807, 2.05) is 37.3 Å². The van der Waals surface area contributed by atoms with E-state index in [1.54, 1.807) is 13.8 Å². The highest BCUT2D eigenvalue weighted by atomic mass is 16.5. The Morgan fingerprint density at radius 3 is 1.71 bits per heavy atom. The maximum absolute atomic E-state index is 14.6.